The zero-order valence-corrected chi connectivity index (χ0v) is 18.2. The quantitative estimate of drug-likeness (QED) is 0.650. The molecule has 1 unspecified atom stereocenters. The molecular weight excluding hydrogens is 439 g/mol. The van der Waals surface area contributed by atoms with Gasteiger partial charge in [0.2, 0.25) is 5.91 Å². The standard InChI is InChI=1S/C23H26F3N3O4/c1-2-18(27-20(30)14-29-13-16(23(24,25)26)9-10-21(29)31)17-7-3-4-8-19(17)33-15-22(32)28-11-5-6-12-28/h3-4,7-10,13,18H,2,5-6,11-12,14-15H2,1H3,(H,27,30). The predicted octanol–water partition coefficient (Wildman–Crippen LogP) is 3.14. The van der Waals surface area contributed by atoms with E-state index in [0.717, 1.165) is 23.5 Å². The van der Waals surface area contributed by atoms with Crippen LogP contribution in [-0.4, -0.2) is 41.0 Å². The van der Waals surface area contributed by atoms with E-state index < -0.39 is 35.8 Å². The molecule has 2 heterocycles. The van der Waals surface area contributed by atoms with Crippen molar-refractivity contribution >= 4 is 11.8 Å². The first kappa shape index (κ1) is 24.3. The van der Waals surface area contributed by atoms with Crippen molar-refractivity contribution in [2.45, 2.75) is 44.9 Å². The van der Waals surface area contributed by atoms with Gasteiger partial charge in [-0.25, -0.2) is 0 Å². The van der Waals surface area contributed by atoms with Crippen LogP contribution in [0.25, 0.3) is 0 Å². The van der Waals surface area contributed by atoms with Crippen molar-refractivity contribution in [1.29, 1.82) is 0 Å². The summed E-state index contributed by atoms with van der Waals surface area (Å²) in [4.78, 5) is 38.5. The molecule has 33 heavy (non-hydrogen) atoms. The summed E-state index contributed by atoms with van der Waals surface area (Å²) < 4.78 is 45.3. The minimum Gasteiger partial charge on any atom is -0.483 e. The number of halogens is 3. The maximum atomic E-state index is 12.9. The van der Waals surface area contributed by atoms with E-state index in [9.17, 15) is 27.6 Å². The van der Waals surface area contributed by atoms with Crippen molar-refractivity contribution in [1.82, 2.24) is 14.8 Å². The highest BCUT2D eigenvalue weighted by atomic mass is 19.4. The van der Waals surface area contributed by atoms with Crippen LogP contribution in [0.1, 0.15) is 43.4 Å². The van der Waals surface area contributed by atoms with Crippen molar-refractivity contribution in [3.63, 3.8) is 0 Å². The Hall–Kier alpha value is -3.30. The molecule has 1 saturated heterocycles. The molecule has 3 rings (SSSR count). The zero-order chi connectivity index (χ0) is 24.0. The Bertz CT molecular complexity index is 1050. The minimum absolute atomic E-state index is 0.108. The summed E-state index contributed by atoms with van der Waals surface area (Å²) in [7, 11) is 0. The maximum absolute atomic E-state index is 12.9. The number of carbonyl (C=O) groups is 2. The van der Waals surface area contributed by atoms with Crippen LogP contribution in [-0.2, 0) is 22.3 Å². The van der Waals surface area contributed by atoms with Crippen LogP contribution in [0, 0.1) is 0 Å². The molecule has 1 N–H and O–H groups in total. The lowest BCUT2D eigenvalue weighted by Crippen LogP contribution is -2.35. The predicted molar refractivity (Wildman–Crippen MR) is 115 cm³/mol. The fourth-order valence-electron chi connectivity index (χ4n) is 3.71. The van der Waals surface area contributed by atoms with Gasteiger partial charge in [0.15, 0.2) is 6.61 Å². The first-order chi connectivity index (χ1) is 15.7. The largest absolute Gasteiger partial charge is 0.483 e. The number of alkyl halides is 3. The van der Waals surface area contributed by atoms with Gasteiger partial charge in [-0.3, -0.25) is 14.4 Å². The monoisotopic (exact) mass is 465 g/mol. The van der Waals surface area contributed by atoms with Crippen LogP contribution in [0.2, 0.25) is 0 Å². The lowest BCUT2D eigenvalue weighted by molar-refractivity contribution is -0.138. The third-order valence-corrected chi connectivity index (χ3v) is 5.47. The van der Waals surface area contributed by atoms with Crippen LogP contribution < -0.4 is 15.6 Å². The number of amides is 2. The van der Waals surface area contributed by atoms with Crippen LogP contribution in [0.15, 0.2) is 47.4 Å². The molecule has 178 valence electrons. The van der Waals surface area contributed by atoms with Crippen LogP contribution >= 0.6 is 0 Å². The molecular formula is C23H26F3N3O4. The van der Waals surface area contributed by atoms with Gasteiger partial charge in [0.25, 0.3) is 11.5 Å². The van der Waals surface area contributed by atoms with Gasteiger partial charge in [0, 0.05) is 30.9 Å². The molecule has 0 spiro atoms. The average Bonchev–Trinajstić information content (AvgIpc) is 3.32. The Kier molecular flexibility index (Phi) is 7.78. The van der Waals surface area contributed by atoms with Crippen LogP contribution in [0.4, 0.5) is 13.2 Å². The molecule has 7 nitrogen and oxygen atoms in total. The van der Waals surface area contributed by atoms with E-state index in [-0.39, 0.29) is 12.5 Å². The van der Waals surface area contributed by atoms with E-state index in [1.165, 1.54) is 0 Å². The highest BCUT2D eigenvalue weighted by Gasteiger charge is 2.31. The Morgan fingerprint density at radius 3 is 2.48 bits per heavy atom. The van der Waals surface area contributed by atoms with Gasteiger partial charge < -0.3 is 19.5 Å². The zero-order valence-electron chi connectivity index (χ0n) is 18.2. The number of aromatic nitrogens is 1. The van der Waals surface area contributed by atoms with Gasteiger partial charge in [0.05, 0.1) is 11.6 Å². The fourth-order valence-corrected chi connectivity index (χ4v) is 3.71. The molecule has 0 radical (unpaired) electrons. The molecule has 0 bridgehead atoms. The molecule has 0 aliphatic carbocycles. The van der Waals surface area contributed by atoms with Crippen LogP contribution in [0.3, 0.4) is 0 Å². The summed E-state index contributed by atoms with van der Waals surface area (Å²) >= 11 is 0. The first-order valence-electron chi connectivity index (χ1n) is 10.8. The Labute approximate surface area is 189 Å². The second-order valence-corrected chi connectivity index (χ2v) is 7.82. The molecule has 2 amide bonds. The van der Waals surface area contributed by atoms with Crippen LogP contribution in [0.5, 0.6) is 5.75 Å². The van der Waals surface area contributed by atoms with Gasteiger partial charge in [-0.15, -0.1) is 0 Å². The summed E-state index contributed by atoms with van der Waals surface area (Å²) in [5.74, 6) is -0.289. The van der Waals surface area contributed by atoms with Crippen molar-refractivity contribution in [3.05, 3.63) is 64.1 Å². The fraction of sp³-hybridized carbons (Fsp3) is 0.435. The number of benzene rings is 1. The second kappa shape index (κ2) is 10.5. The highest BCUT2D eigenvalue weighted by molar-refractivity contribution is 5.78. The summed E-state index contributed by atoms with van der Waals surface area (Å²) in [5.41, 5.74) is -1.09. The normalized spacial score (nSPS) is 14.7. The number of nitrogens with zero attached hydrogens (tertiary/aromatic N) is 2. The summed E-state index contributed by atoms with van der Waals surface area (Å²) in [6, 6.07) is 7.90. The van der Waals surface area contributed by atoms with Crippen molar-refractivity contribution in [3.8, 4) is 5.75 Å². The third kappa shape index (κ3) is 6.36. The number of para-hydroxylation sites is 1. The lowest BCUT2D eigenvalue weighted by Gasteiger charge is -2.22. The van der Waals surface area contributed by atoms with Crippen molar-refractivity contribution < 1.29 is 27.5 Å². The number of likely N-dealkylation sites (tertiary alicyclic amines) is 1. The number of ether oxygens (including phenoxy) is 1. The van der Waals surface area contributed by atoms with Gasteiger partial charge in [0.1, 0.15) is 12.3 Å². The number of hydrogen-bond donors (Lipinski definition) is 1. The highest BCUT2D eigenvalue weighted by Crippen LogP contribution is 2.29. The SMILES string of the molecule is CCC(NC(=O)Cn1cc(C(F)(F)F)ccc1=O)c1ccccc1OCC(=O)N1CCCC1. The first-order valence-corrected chi connectivity index (χ1v) is 10.8. The maximum Gasteiger partial charge on any atom is 0.417 e. The molecule has 2 aromatic rings. The summed E-state index contributed by atoms with van der Waals surface area (Å²) in [6.07, 6.45) is -1.59. The summed E-state index contributed by atoms with van der Waals surface area (Å²) in [6.45, 7) is 2.57. The Morgan fingerprint density at radius 2 is 1.82 bits per heavy atom. The van der Waals surface area contributed by atoms with E-state index in [4.69, 9.17) is 4.74 Å². The average molecular weight is 465 g/mol. The van der Waals surface area contributed by atoms with E-state index in [1.54, 1.807) is 29.2 Å². The third-order valence-electron chi connectivity index (χ3n) is 5.47. The molecule has 1 aromatic carbocycles. The number of nitrogens with one attached hydrogen (secondary N) is 1. The molecule has 1 aromatic heterocycles. The molecule has 10 heteroatoms. The van der Waals surface area contributed by atoms with Gasteiger partial charge in [-0.1, -0.05) is 25.1 Å². The van der Waals surface area contributed by atoms with E-state index in [0.29, 0.717) is 43.1 Å². The number of carbonyl (C=O) groups excluding carboxylic acids is 2. The Balaban J connectivity index is 1.69. The van der Waals surface area contributed by atoms with Gasteiger partial charge in [-0.2, -0.15) is 13.2 Å². The second-order valence-electron chi connectivity index (χ2n) is 7.82. The molecule has 1 aliphatic rings. The molecule has 1 aliphatic heterocycles. The topological polar surface area (TPSA) is 80.6 Å². The smallest absolute Gasteiger partial charge is 0.417 e. The van der Waals surface area contributed by atoms with E-state index in [1.807, 2.05) is 6.92 Å². The molecule has 1 atom stereocenters. The van der Waals surface area contributed by atoms with Crippen molar-refractivity contribution in [2.75, 3.05) is 19.7 Å². The van der Waals surface area contributed by atoms with E-state index >= 15 is 0 Å². The van der Waals surface area contributed by atoms with Crippen molar-refractivity contribution in [2.24, 2.45) is 0 Å². The van der Waals surface area contributed by atoms with Gasteiger partial charge in [-0.05, 0) is 31.4 Å². The Morgan fingerprint density at radius 1 is 1.12 bits per heavy atom. The van der Waals surface area contributed by atoms with E-state index in [2.05, 4.69) is 5.32 Å². The number of hydrogen-bond acceptors (Lipinski definition) is 4. The van der Waals surface area contributed by atoms with Gasteiger partial charge >= 0.3 is 6.18 Å². The lowest BCUT2D eigenvalue weighted by atomic mass is 10.0. The summed E-state index contributed by atoms with van der Waals surface area (Å²) in [5, 5.41) is 2.74. The number of pyridine rings is 1. The minimum atomic E-state index is -4.62. The molecule has 1 fully saturated rings. The number of rotatable bonds is 8. The molecule has 0 saturated carbocycles.